The highest BCUT2D eigenvalue weighted by atomic mass is 19.4. The number of hydrogen-bond donors (Lipinski definition) is 1. The van der Waals surface area contributed by atoms with Gasteiger partial charge in [0.2, 0.25) is 0 Å². The van der Waals surface area contributed by atoms with Gasteiger partial charge in [-0.2, -0.15) is 18.3 Å². The molecule has 1 heterocycles. The highest BCUT2D eigenvalue weighted by Gasteiger charge is 2.33. The zero-order valence-electron chi connectivity index (χ0n) is 10.2. The summed E-state index contributed by atoms with van der Waals surface area (Å²) in [4.78, 5) is 12.6. The Morgan fingerprint density at radius 1 is 1.56 bits per heavy atom. The van der Waals surface area contributed by atoms with E-state index in [4.69, 9.17) is 5.73 Å². The molecule has 0 atom stereocenters. The SMILES string of the molecule is Cc1nn(C)cc1C(=O)N(CCN)CC(F)(F)F. The van der Waals surface area contributed by atoms with E-state index in [9.17, 15) is 18.0 Å². The smallest absolute Gasteiger partial charge is 0.329 e. The van der Waals surface area contributed by atoms with Crippen LogP contribution in [0, 0.1) is 6.92 Å². The van der Waals surface area contributed by atoms with Crippen LogP contribution in [0.2, 0.25) is 0 Å². The molecular formula is C10H15F3N4O. The average molecular weight is 264 g/mol. The third-order valence-electron chi connectivity index (χ3n) is 2.30. The minimum atomic E-state index is -4.44. The molecule has 1 aromatic heterocycles. The largest absolute Gasteiger partial charge is 0.406 e. The molecule has 0 bridgehead atoms. The summed E-state index contributed by atoms with van der Waals surface area (Å²) in [6.45, 7) is 0.0899. The van der Waals surface area contributed by atoms with Crippen LogP contribution in [0.25, 0.3) is 0 Å². The van der Waals surface area contributed by atoms with Crippen LogP contribution in [0.15, 0.2) is 6.20 Å². The molecular weight excluding hydrogens is 249 g/mol. The molecule has 0 saturated carbocycles. The number of carbonyl (C=O) groups excluding carboxylic acids is 1. The highest BCUT2D eigenvalue weighted by Crippen LogP contribution is 2.18. The Hall–Kier alpha value is -1.57. The lowest BCUT2D eigenvalue weighted by Crippen LogP contribution is -2.41. The number of rotatable bonds is 4. The molecule has 0 aliphatic carbocycles. The second-order valence-corrected chi connectivity index (χ2v) is 3.93. The van der Waals surface area contributed by atoms with E-state index in [0.717, 1.165) is 0 Å². The Balaban J connectivity index is 2.92. The predicted molar refractivity (Wildman–Crippen MR) is 59.0 cm³/mol. The Kier molecular flexibility index (Phi) is 4.33. The summed E-state index contributed by atoms with van der Waals surface area (Å²) in [6.07, 6.45) is -3.04. The van der Waals surface area contributed by atoms with E-state index >= 15 is 0 Å². The van der Waals surface area contributed by atoms with Gasteiger partial charge in [-0.15, -0.1) is 0 Å². The fourth-order valence-electron chi connectivity index (χ4n) is 1.60. The first-order chi connectivity index (χ1) is 8.24. The van der Waals surface area contributed by atoms with Gasteiger partial charge < -0.3 is 10.6 Å². The molecule has 0 spiro atoms. The number of aromatic nitrogens is 2. The number of halogens is 3. The number of hydrogen-bond acceptors (Lipinski definition) is 3. The first-order valence-corrected chi connectivity index (χ1v) is 5.31. The third kappa shape index (κ3) is 3.73. The van der Waals surface area contributed by atoms with Crippen molar-refractivity contribution in [3.05, 3.63) is 17.5 Å². The molecule has 0 fully saturated rings. The van der Waals surface area contributed by atoms with Gasteiger partial charge in [0.25, 0.3) is 5.91 Å². The van der Waals surface area contributed by atoms with E-state index in [1.165, 1.54) is 10.9 Å². The zero-order chi connectivity index (χ0) is 13.9. The van der Waals surface area contributed by atoms with Crippen molar-refractivity contribution in [2.75, 3.05) is 19.6 Å². The predicted octanol–water partition coefficient (Wildman–Crippen LogP) is 0.692. The minimum absolute atomic E-state index is 0.0267. The van der Waals surface area contributed by atoms with Crippen LogP contribution in [0.1, 0.15) is 16.1 Å². The van der Waals surface area contributed by atoms with Crippen molar-refractivity contribution in [1.82, 2.24) is 14.7 Å². The fourth-order valence-corrected chi connectivity index (χ4v) is 1.60. The van der Waals surface area contributed by atoms with E-state index in [1.54, 1.807) is 14.0 Å². The zero-order valence-corrected chi connectivity index (χ0v) is 10.2. The number of amides is 1. The maximum atomic E-state index is 12.4. The Morgan fingerprint density at radius 3 is 2.56 bits per heavy atom. The molecule has 102 valence electrons. The van der Waals surface area contributed by atoms with Gasteiger partial charge in [-0.05, 0) is 6.92 Å². The molecule has 0 aliphatic rings. The summed E-state index contributed by atoms with van der Waals surface area (Å²) in [5.74, 6) is -0.705. The number of carbonyl (C=O) groups is 1. The second kappa shape index (κ2) is 5.38. The van der Waals surface area contributed by atoms with Crippen LogP contribution in [0.3, 0.4) is 0 Å². The minimum Gasteiger partial charge on any atom is -0.329 e. The molecule has 1 rings (SSSR count). The molecule has 0 saturated heterocycles. The average Bonchev–Trinajstić information content (AvgIpc) is 2.54. The summed E-state index contributed by atoms with van der Waals surface area (Å²) >= 11 is 0. The lowest BCUT2D eigenvalue weighted by molar-refractivity contribution is -0.140. The second-order valence-electron chi connectivity index (χ2n) is 3.93. The summed E-state index contributed by atoms with van der Waals surface area (Å²) in [5.41, 5.74) is 5.78. The van der Waals surface area contributed by atoms with Crippen LogP contribution < -0.4 is 5.73 Å². The van der Waals surface area contributed by atoms with Crippen molar-refractivity contribution in [3.63, 3.8) is 0 Å². The first kappa shape index (κ1) is 14.5. The van der Waals surface area contributed by atoms with Crippen LogP contribution >= 0.6 is 0 Å². The van der Waals surface area contributed by atoms with Crippen molar-refractivity contribution in [3.8, 4) is 0 Å². The maximum absolute atomic E-state index is 12.4. The van der Waals surface area contributed by atoms with Crippen molar-refractivity contribution < 1.29 is 18.0 Å². The Bertz CT molecular complexity index is 427. The number of alkyl halides is 3. The molecule has 18 heavy (non-hydrogen) atoms. The molecule has 1 amide bonds. The molecule has 2 N–H and O–H groups in total. The molecule has 1 aromatic rings. The quantitative estimate of drug-likeness (QED) is 0.870. The van der Waals surface area contributed by atoms with E-state index in [0.29, 0.717) is 10.6 Å². The number of nitrogens with zero attached hydrogens (tertiary/aromatic N) is 3. The van der Waals surface area contributed by atoms with Crippen LogP contribution in [0.5, 0.6) is 0 Å². The van der Waals surface area contributed by atoms with Crippen molar-refractivity contribution >= 4 is 5.91 Å². The fraction of sp³-hybridized carbons (Fsp3) is 0.600. The lowest BCUT2D eigenvalue weighted by Gasteiger charge is -2.23. The van der Waals surface area contributed by atoms with Gasteiger partial charge in [-0.3, -0.25) is 9.48 Å². The van der Waals surface area contributed by atoms with Crippen molar-refractivity contribution in [2.45, 2.75) is 13.1 Å². The number of nitrogens with two attached hydrogens (primary N) is 1. The highest BCUT2D eigenvalue weighted by molar-refractivity contribution is 5.95. The molecule has 0 unspecified atom stereocenters. The van der Waals surface area contributed by atoms with E-state index in [2.05, 4.69) is 5.10 Å². The maximum Gasteiger partial charge on any atom is 0.406 e. The van der Waals surface area contributed by atoms with Crippen molar-refractivity contribution in [1.29, 1.82) is 0 Å². The van der Waals surface area contributed by atoms with Crippen LogP contribution in [0.4, 0.5) is 13.2 Å². The van der Waals surface area contributed by atoms with E-state index < -0.39 is 18.6 Å². The van der Waals surface area contributed by atoms with Gasteiger partial charge in [-0.25, -0.2) is 0 Å². The summed E-state index contributed by atoms with van der Waals surface area (Å²) in [7, 11) is 1.60. The van der Waals surface area contributed by atoms with Gasteiger partial charge in [0.05, 0.1) is 11.3 Å². The lowest BCUT2D eigenvalue weighted by atomic mass is 10.2. The molecule has 5 nitrogen and oxygen atoms in total. The summed E-state index contributed by atoms with van der Waals surface area (Å²) in [5, 5.41) is 3.93. The normalized spacial score (nSPS) is 11.7. The van der Waals surface area contributed by atoms with Gasteiger partial charge in [0.15, 0.2) is 0 Å². The first-order valence-electron chi connectivity index (χ1n) is 5.31. The van der Waals surface area contributed by atoms with E-state index in [-0.39, 0.29) is 18.7 Å². The monoisotopic (exact) mass is 264 g/mol. The molecule has 0 radical (unpaired) electrons. The van der Waals surface area contributed by atoms with Gasteiger partial charge in [0.1, 0.15) is 6.54 Å². The van der Waals surface area contributed by atoms with Crippen LogP contribution in [-0.2, 0) is 7.05 Å². The van der Waals surface area contributed by atoms with Gasteiger partial charge in [0, 0.05) is 26.3 Å². The third-order valence-corrected chi connectivity index (χ3v) is 2.30. The standard InChI is InChI=1S/C10H15F3N4O/c1-7-8(5-16(2)15-7)9(18)17(4-3-14)6-10(11,12)13/h5H,3-4,6,14H2,1-2H3. The Morgan fingerprint density at radius 2 is 2.17 bits per heavy atom. The Labute approximate surface area is 102 Å². The summed E-state index contributed by atoms with van der Waals surface area (Å²) in [6, 6.07) is 0. The molecule has 8 heteroatoms. The number of aryl methyl sites for hydroxylation is 2. The van der Waals surface area contributed by atoms with E-state index in [1.807, 2.05) is 0 Å². The molecule has 0 aromatic carbocycles. The van der Waals surface area contributed by atoms with Gasteiger partial charge >= 0.3 is 6.18 Å². The van der Waals surface area contributed by atoms with Gasteiger partial charge in [-0.1, -0.05) is 0 Å². The topological polar surface area (TPSA) is 64.2 Å². The molecule has 0 aliphatic heterocycles. The van der Waals surface area contributed by atoms with Crippen molar-refractivity contribution in [2.24, 2.45) is 12.8 Å². The summed E-state index contributed by atoms with van der Waals surface area (Å²) < 4.78 is 38.5. The van der Waals surface area contributed by atoms with Crippen LogP contribution in [-0.4, -0.2) is 46.4 Å².